The molecule has 0 heterocycles. The first kappa shape index (κ1) is 14.4. The summed E-state index contributed by atoms with van der Waals surface area (Å²) in [6.07, 6.45) is -0.888. The lowest BCUT2D eigenvalue weighted by atomic mass is 10.2. The first-order valence-corrected chi connectivity index (χ1v) is 6.02. The SMILES string of the molecule is COC(OC)C(=O)NCc1ccc(Cl)cc1Br. The van der Waals surface area contributed by atoms with Gasteiger partial charge in [-0.3, -0.25) is 4.79 Å². The molecule has 0 atom stereocenters. The zero-order chi connectivity index (χ0) is 12.8. The Morgan fingerprint density at radius 2 is 2.12 bits per heavy atom. The molecule has 0 aliphatic carbocycles. The van der Waals surface area contributed by atoms with E-state index in [2.05, 4.69) is 21.2 Å². The number of nitrogens with one attached hydrogen (secondary N) is 1. The van der Waals surface area contributed by atoms with Crippen LogP contribution in [0, 0.1) is 0 Å². The van der Waals surface area contributed by atoms with Crippen LogP contribution in [-0.4, -0.2) is 26.4 Å². The Morgan fingerprint density at radius 1 is 1.47 bits per heavy atom. The lowest BCUT2D eigenvalue weighted by Crippen LogP contribution is -2.36. The predicted octanol–water partition coefficient (Wildman–Crippen LogP) is 2.34. The number of halogens is 2. The van der Waals surface area contributed by atoms with Gasteiger partial charge in [0.05, 0.1) is 0 Å². The number of hydrogen-bond donors (Lipinski definition) is 1. The number of methoxy groups -OCH3 is 2. The van der Waals surface area contributed by atoms with Crippen molar-refractivity contribution in [1.29, 1.82) is 0 Å². The van der Waals surface area contributed by atoms with Crippen LogP contribution >= 0.6 is 27.5 Å². The molecule has 0 aliphatic heterocycles. The Labute approximate surface area is 113 Å². The maximum atomic E-state index is 11.6. The molecular weight excluding hydrogens is 309 g/mol. The largest absolute Gasteiger partial charge is 0.348 e. The monoisotopic (exact) mass is 321 g/mol. The fourth-order valence-electron chi connectivity index (χ4n) is 1.24. The van der Waals surface area contributed by atoms with Gasteiger partial charge in [0.1, 0.15) is 0 Å². The molecule has 6 heteroatoms. The molecule has 0 aromatic heterocycles. The third kappa shape index (κ3) is 4.27. The van der Waals surface area contributed by atoms with Gasteiger partial charge >= 0.3 is 0 Å². The normalized spacial score (nSPS) is 10.6. The summed E-state index contributed by atoms with van der Waals surface area (Å²) in [5, 5.41) is 3.34. The minimum absolute atomic E-state index is 0.322. The molecule has 0 aliphatic rings. The van der Waals surface area contributed by atoms with E-state index in [1.54, 1.807) is 12.1 Å². The van der Waals surface area contributed by atoms with Gasteiger partial charge < -0.3 is 14.8 Å². The van der Waals surface area contributed by atoms with Crippen molar-refractivity contribution < 1.29 is 14.3 Å². The highest BCUT2D eigenvalue weighted by Crippen LogP contribution is 2.21. The van der Waals surface area contributed by atoms with E-state index in [9.17, 15) is 4.79 Å². The summed E-state index contributed by atoms with van der Waals surface area (Å²) in [7, 11) is 2.82. The van der Waals surface area contributed by atoms with Crippen LogP contribution in [0.4, 0.5) is 0 Å². The topological polar surface area (TPSA) is 47.6 Å². The third-order valence-electron chi connectivity index (χ3n) is 2.11. The maximum Gasteiger partial charge on any atom is 0.277 e. The van der Waals surface area contributed by atoms with E-state index in [0.29, 0.717) is 11.6 Å². The van der Waals surface area contributed by atoms with Crippen molar-refractivity contribution in [3.05, 3.63) is 33.3 Å². The van der Waals surface area contributed by atoms with Crippen molar-refractivity contribution in [3.8, 4) is 0 Å². The number of hydrogen-bond acceptors (Lipinski definition) is 3. The van der Waals surface area contributed by atoms with Crippen LogP contribution in [0.1, 0.15) is 5.56 Å². The minimum Gasteiger partial charge on any atom is -0.348 e. The van der Waals surface area contributed by atoms with Crippen molar-refractivity contribution in [1.82, 2.24) is 5.32 Å². The summed E-state index contributed by atoms with van der Waals surface area (Å²) in [6, 6.07) is 5.37. The Kier molecular flexibility index (Phi) is 5.91. The highest BCUT2D eigenvalue weighted by molar-refractivity contribution is 9.10. The van der Waals surface area contributed by atoms with Gasteiger partial charge in [0.2, 0.25) is 6.29 Å². The number of amides is 1. The van der Waals surface area contributed by atoms with E-state index in [4.69, 9.17) is 21.1 Å². The van der Waals surface area contributed by atoms with Crippen molar-refractivity contribution in [2.24, 2.45) is 0 Å². The first-order chi connectivity index (χ1) is 8.08. The van der Waals surface area contributed by atoms with Gasteiger partial charge in [-0.1, -0.05) is 33.6 Å². The smallest absolute Gasteiger partial charge is 0.277 e. The molecule has 1 N–H and O–H groups in total. The van der Waals surface area contributed by atoms with E-state index >= 15 is 0 Å². The van der Waals surface area contributed by atoms with Gasteiger partial charge in [0.25, 0.3) is 5.91 Å². The fraction of sp³-hybridized carbons (Fsp3) is 0.364. The van der Waals surface area contributed by atoms with Crippen LogP contribution in [0.3, 0.4) is 0 Å². The van der Waals surface area contributed by atoms with Crippen molar-refractivity contribution in [2.75, 3.05) is 14.2 Å². The molecule has 0 spiro atoms. The number of benzene rings is 1. The summed E-state index contributed by atoms with van der Waals surface area (Å²) >= 11 is 9.19. The zero-order valence-electron chi connectivity index (χ0n) is 9.50. The molecule has 0 saturated heterocycles. The van der Waals surface area contributed by atoms with Gasteiger partial charge in [0, 0.05) is 30.3 Å². The van der Waals surface area contributed by atoms with Gasteiger partial charge in [-0.15, -0.1) is 0 Å². The van der Waals surface area contributed by atoms with E-state index in [-0.39, 0.29) is 5.91 Å². The van der Waals surface area contributed by atoms with Crippen LogP contribution in [-0.2, 0) is 20.8 Å². The molecule has 0 unspecified atom stereocenters. The molecule has 0 fully saturated rings. The van der Waals surface area contributed by atoms with Crippen molar-refractivity contribution >= 4 is 33.4 Å². The van der Waals surface area contributed by atoms with Gasteiger partial charge in [-0.05, 0) is 17.7 Å². The Balaban J connectivity index is 2.58. The molecule has 0 radical (unpaired) electrons. The average Bonchev–Trinajstić information content (AvgIpc) is 2.29. The highest BCUT2D eigenvalue weighted by Gasteiger charge is 2.16. The molecule has 1 amide bonds. The van der Waals surface area contributed by atoms with Gasteiger partial charge in [-0.2, -0.15) is 0 Å². The summed E-state index contributed by atoms with van der Waals surface area (Å²) in [5.41, 5.74) is 0.925. The number of carbonyl (C=O) groups is 1. The van der Waals surface area contributed by atoms with Gasteiger partial charge in [0.15, 0.2) is 0 Å². The molecule has 94 valence electrons. The molecule has 1 rings (SSSR count). The van der Waals surface area contributed by atoms with E-state index < -0.39 is 6.29 Å². The lowest BCUT2D eigenvalue weighted by molar-refractivity contribution is -0.159. The molecule has 0 bridgehead atoms. The number of ether oxygens (including phenoxy) is 2. The predicted molar refractivity (Wildman–Crippen MR) is 68.8 cm³/mol. The number of carbonyl (C=O) groups excluding carboxylic acids is 1. The number of rotatable bonds is 5. The van der Waals surface area contributed by atoms with Crippen LogP contribution in [0.5, 0.6) is 0 Å². The van der Waals surface area contributed by atoms with Gasteiger partial charge in [-0.25, -0.2) is 0 Å². The average molecular weight is 323 g/mol. The van der Waals surface area contributed by atoms with E-state index in [1.807, 2.05) is 6.07 Å². The second-order valence-corrected chi connectivity index (χ2v) is 4.55. The summed E-state index contributed by atoms with van der Waals surface area (Å²) in [6.45, 7) is 0.375. The molecule has 1 aromatic carbocycles. The molecule has 17 heavy (non-hydrogen) atoms. The van der Waals surface area contributed by atoms with Crippen LogP contribution in [0.15, 0.2) is 22.7 Å². The molecule has 0 saturated carbocycles. The quantitative estimate of drug-likeness (QED) is 0.847. The van der Waals surface area contributed by atoms with E-state index in [1.165, 1.54) is 14.2 Å². The maximum absolute atomic E-state index is 11.6. The Hall–Kier alpha value is -0.620. The second-order valence-electron chi connectivity index (χ2n) is 3.26. The standard InChI is InChI=1S/C11H13BrClNO3/c1-16-11(17-2)10(15)14-6-7-3-4-8(13)5-9(7)12/h3-5,11H,6H2,1-2H3,(H,14,15). The van der Waals surface area contributed by atoms with Crippen LogP contribution in [0.2, 0.25) is 5.02 Å². The minimum atomic E-state index is -0.888. The summed E-state index contributed by atoms with van der Waals surface area (Å²) in [5.74, 6) is -0.322. The van der Waals surface area contributed by atoms with Crippen molar-refractivity contribution in [3.63, 3.8) is 0 Å². The summed E-state index contributed by atoms with van der Waals surface area (Å²) in [4.78, 5) is 11.6. The lowest BCUT2D eigenvalue weighted by Gasteiger charge is -2.13. The Bertz CT molecular complexity index is 396. The zero-order valence-corrected chi connectivity index (χ0v) is 11.8. The first-order valence-electron chi connectivity index (χ1n) is 4.85. The highest BCUT2D eigenvalue weighted by atomic mass is 79.9. The van der Waals surface area contributed by atoms with E-state index in [0.717, 1.165) is 10.0 Å². The fourth-order valence-corrected chi connectivity index (χ4v) is 2.06. The third-order valence-corrected chi connectivity index (χ3v) is 3.08. The summed E-state index contributed by atoms with van der Waals surface area (Å²) < 4.78 is 10.5. The van der Waals surface area contributed by atoms with Crippen LogP contribution < -0.4 is 5.32 Å². The second kappa shape index (κ2) is 6.96. The molecule has 1 aromatic rings. The van der Waals surface area contributed by atoms with Crippen LogP contribution in [0.25, 0.3) is 0 Å². The molecular formula is C11H13BrClNO3. The Morgan fingerprint density at radius 3 is 2.65 bits per heavy atom. The van der Waals surface area contributed by atoms with Crippen molar-refractivity contribution in [2.45, 2.75) is 12.8 Å². The molecule has 4 nitrogen and oxygen atoms in total.